The molecule has 1 aromatic heterocycles. The van der Waals surface area contributed by atoms with Crippen molar-refractivity contribution in [2.75, 3.05) is 18.8 Å². The molecule has 0 bridgehead atoms. The first-order valence-corrected chi connectivity index (χ1v) is 10.3. The lowest BCUT2D eigenvalue weighted by Gasteiger charge is -2.35. The lowest BCUT2D eigenvalue weighted by molar-refractivity contribution is 0.130. The van der Waals surface area contributed by atoms with Gasteiger partial charge in [0.05, 0.1) is 17.2 Å². The van der Waals surface area contributed by atoms with Crippen LogP contribution in [0, 0.1) is 0 Å². The number of piperidine rings is 1. The zero-order valence-corrected chi connectivity index (χ0v) is 14.7. The van der Waals surface area contributed by atoms with Crippen LogP contribution >= 0.6 is 0 Å². The largest absolute Gasteiger partial charge is 0.299 e. The Morgan fingerprint density at radius 2 is 1.96 bits per heavy atom. The van der Waals surface area contributed by atoms with Crippen LogP contribution in [0.5, 0.6) is 0 Å². The molecule has 1 aromatic carbocycles. The molecular formula is C18H25N3O2S. The Kier molecular flexibility index (Phi) is 5.68. The number of sulfone groups is 1. The van der Waals surface area contributed by atoms with Gasteiger partial charge in [0, 0.05) is 18.4 Å². The Balaban J connectivity index is 1.54. The van der Waals surface area contributed by atoms with Crippen molar-refractivity contribution in [2.45, 2.75) is 43.2 Å². The quantitative estimate of drug-likeness (QED) is 0.772. The third-order valence-corrected chi connectivity index (χ3v) is 6.48. The van der Waals surface area contributed by atoms with E-state index in [0.29, 0.717) is 17.4 Å². The summed E-state index contributed by atoms with van der Waals surface area (Å²) in [6.07, 6.45) is 8.07. The summed E-state index contributed by atoms with van der Waals surface area (Å²) < 4.78 is 26.7. The molecule has 3 rings (SSSR count). The van der Waals surface area contributed by atoms with Gasteiger partial charge in [0.1, 0.15) is 0 Å². The summed E-state index contributed by atoms with van der Waals surface area (Å²) in [5.74, 6) is 0.210. The predicted molar refractivity (Wildman–Crippen MR) is 94.6 cm³/mol. The van der Waals surface area contributed by atoms with E-state index in [4.69, 9.17) is 0 Å². The third-order valence-electron chi connectivity index (χ3n) is 4.67. The standard InChI is InChI=1S/C18H25N3O2S/c22-24(23,18-9-2-1-3-10-18)15-7-13-20-12-5-4-8-17(20)16-21-14-6-11-19-21/h1-3,6,9-11,14,17H,4-5,7-8,12-13,15-16H2. The van der Waals surface area contributed by atoms with Crippen LogP contribution in [-0.4, -0.2) is 48.0 Å². The minimum Gasteiger partial charge on any atom is -0.299 e. The number of aromatic nitrogens is 2. The van der Waals surface area contributed by atoms with Crippen molar-refractivity contribution in [3.05, 3.63) is 48.8 Å². The highest BCUT2D eigenvalue weighted by Crippen LogP contribution is 2.19. The Labute approximate surface area is 144 Å². The molecule has 2 aromatic rings. The van der Waals surface area contributed by atoms with E-state index in [1.54, 1.807) is 30.5 Å². The molecule has 1 aliphatic rings. The minimum atomic E-state index is -3.17. The van der Waals surface area contributed by atoms with E-state index in [1.807, 2.05) is 23.0 Å². The summed E-state index contributed by atoms with van der Waals surface area (Å²) >= 11 is 0. The van der Waals surface area contributed by atoms with Crippen molar-refractivity contribution in [1.29, 1.82) is 0 Å². The molecule has 130 valence electrons. The monoisotopic (exact) mass is 347 g/mol. The summed E-state index contributed by atoms with van der Waals surface area (Å²) in [7, 11) is -3.17. The fourth-order valence-corrected chi connectivity index (χ4v) is 4.71. The highest BCUT2D eigenvalue weighted by Gasteiger charge is 2.23. The molecule has 0 N–H and O–H groups in total. The molecule has 1 aliphatic heterocycles. The minimum absolute atomic E-state index is 0.210. The highest BCUT2D eigenvalue weighted by molar-refractivity contribution is 7.91. The van der Waals surface area contributed by atoms with E-state index in [9.17, 15) is 8.42 Å². The zero-order valence-electron chi connectivity index (χ0n) is 13.9. The number of benzene rings is 1. The molecule has 0 spiro atoms. The lowest BCUT2D eigenvalue weighted by Crippen LogP contribution is -2.43. The van der Waals surface area contributed by atoms with Gasteiger partial charge in [0.15, 0.2) is 9.84 Å². The predicted octanol–water partition coefficient (Wildman–Crippen LogP) is 2.60. The Morgan fingerprint density at radius 3 is 2.71 bits per heavy atom. The number of rotatable bonds is 7. The molecule has 0 radical (unpaired) electrons. The molecule has 0 aliphatic carbocycles. The van der Waals surface area contributed by atoms with Gasteiger partial charge in [-0.25, -0.2) is 8.42 Å². The van der Waals surface area contributed by atoms with Crippen LogP contribution in [0.15, 0.2) is 53.7 Å². The van der Waals surface area contributed by atoms with Crippen LogP contribution in [-0.2, 0) is 16.4 Å². The van der Waals surface area contributed by atoms with Gasteiger partial charge in [-0.15, -0.1) is 0 Å². The second-order valence-corrected chi connectivity index (χ2v) is 8.51. The molecule has 0 saturated carbocycles. The van der Waals surface area contributed by atoms with Crippen LogP contribution in [0.1, 0.15) is 25.7 Å². The van der Waals surface area contributed by atoms with E-state index in [1.165, 1.54) is 12.8 Å². The summed E-state index contributed by atoms with van der Waals surface area (Å²) in [6.45, 7) is 2.77. The second-order valence-electron chi connectivity index (χ2n) is 6.40. The third kappa shape index (κ3) is 4.45. The van der Waals surface area contributed by atoms with Crippen molar-refractivity contribution in [2.24, 2.45) is 0 Å². The number of hydrogen-bond acceptors (Lipinski definition) is 4. The van der Waals surface area contributed by atoms with Crippen molar-refractivity contribution in [3.8, 4) is 0 Å². The van der Waals surface area contributed by atoms with Gasteiger partial charge in [-0.1, -0.05) is 24.6 Å². The maximum atomic E-state index is 12.4. The molecule has 1 unspecified atom stereocenters. The van der Waals surface area contributed by atoms with Gasteiger partial charge in [-0.2, -0.15) is 5.10 Å². The average molecular weight is 347 g/mol. The van der Waals surface area contributed by atoms with Crippen LogP contribution in [0.2, 0.25) is 0 Å². The van der Waals surface area contributed by atoms with E-state index in [0.717, 1.165) is 26.1 Å². The highest BCUT2D eigenvalue weighted by atomic mass is 32.2. The normalized spacial score (nSPS) is 19.4. The summed E-state index contributed by atoms with van der Waals surface area (Å²) in [4.78, 5) is 2.86. The van der Waals surface area contributed by atoms with E-state index >= 15 is 0 Å². The average Bonchev–Trinajstić information content (AvgIpc) is 3.10. The van der Waals surface area contributed by atoms with E-state index in [2.05, 4.69) is 10.00 Å². The summed E-state index contributed by atoms with van der Waals surface area (Å²) in [6, 6.07) is 11.1. The molecule has 1 atom stereocenters. The van der Waals surface area contributed by atoms with Gasteiger partial charge in [-0.05, 0) is 50.6 Å². The molecule has 2 heterocycles. The maximum Gasteiger partial charge on any atom is 0.178 e. The SMILES string of the molecule is O=S(=O)(CCCN1CCCCC1Cn1cccn1)c1ccccc1. The van der Waals surface area contributed by atoms with Crippen LogP contribution in [0.25, 0.3) is 0 Å². The Morgan fingerprint density at radius 1 is 1.12 bits per heavy atom. The van der Waals surface area contributed by atoms with E-state index in [-0.39, 0.29) is 5.75 Å². The van der Waals surface area contributed by atoms with Gasteiger partial charge in [0.2, 0.25) is 0 Å². The topological polar surface area (TPSA) is 55.2 Å². The molecular weight excluding hydrogens is 322 g/mol. The smallest absolute Gasteiger partial charge is 0.178 e. The number of likely N-dealkylation sites (tertiary alicyclic amines) is 1. The molecule has 1 saturated heterocycles. The first-order chi connectivity index (χ1) is 11.6. The maximum absolute atomic E-state index is 12.4. The fraction of sp³-hybridized carbons (Fsp3) is 0.500. The Hall–Kier alpha value is -1.66. The first kappa shape index (κ1) is 17.2. The van der Waals surface area contributed by atoms with Gasteiger partial charge < -0.3 is 0 Å². The fourth-order valence-electron chi connectivity index (χ4n) is 3.39. The van der Waals surface area contributed by atoms with Crippen molar-refractivity contribution in [1.82, 2.24) is 14.7 Å². The van der Waals surface area contributed by atoms with Crippen molar-refractivity contribution < 1.29 is 8.42 Å². The van der Waals surface area contributed by atoms with Gasteiger partial charge in [-0.3, -0.25) is 9.58 Å². The van der Waals surface area contributed by atoms with Crippen molar-refractivity contribution >= 4 is 9.84 Å². The molecule has 24 heavy (non-hydrogen) atoms. The summed E-state index contributed by atoms with van der Waals surface area (Å²) in [5, 5.41) is 4.30. The van der Waals surface area contributed by atoms with Crippen LogP contribution in [0.3, 0.4) is 0 Å². The Bertz CT molecular complexity index is 714. The van der Waals surface area contributed by atoms with Crippen LogP contribution in [0.4, 0.5) is 0 Å². The zero-order chi connectivity index (χ0) is 16.8. The molecule has 5 nitrogen and oxygen atoms in total. The first-order valence-electron chi connectivity index (χ1n) is 8.64. The lowest BCUT2D eigenvalue weighted by atomic mass is 10.0. The molecule has 1 fully saturated rings. The summed E-state index contributed by atoms with van der Waals surface area (Å²) in [5.41, 5.74) is 0. The molecule has 6 heteroatoms. The van der Waals surface area contributed by atoms with Crippen molar-refractivity contribution in [3.63, 3.8) is 0 Å². The molecule has 0 amide bonds. The second kappa shape index (κ2) is 7.94. The number of nitrogens with zero attached hydrogens (tertiary/aromatic N) is 3. The number of hydrogen-bond donors (Lipinski definition) is 0. The van der Waals surface area contributed by atoms with Crippen LogP contribution < -0.4 is 0 Å². The van der Waals surface area contributed by atoms with Gasteiger partial charge >= 0.3 is 0 Å². The van der Waals surface area contributed by atoms with E-state index < -0.39 is 9.84 Å². The van der Waals surface area contributed by atoms with Gasteiger partial charge in [0.25, 0.3) is 0 Å².